The summed E-state index contributed by atoms with van der Waals surface area (Å²) >= 11 is 0. The molecule has 0 bridgehead atoms. The Morgan fingerprint density at radius 2 is 2.00 bits per heavy atom. The van der Waals surface area contributed by atoms with Crippen molar-refractivity contribution >= 4 is 29.0 Å². The number of hydrogen-bond donors (Lipinski definition) is 4. The number of nitrogens with zero attached hydrogens (tertiary/aromatic N) is 3. The minimum Gasteiger partial charge on any atom is -0.503 e. The van der Waals surface area contributed by atoms with Gasteiger partial charge in [0.15, 0.2) is 11.6 Å². The highest BCUT2D eigenvalue weighted by molar-refractivity contribution is 6.00. The van der Waals surface area contributed by atoms with E-state index in [1.165, 1.54) is 6.20 Å². The zero-order valence-corrected chi connectivity index (χ0v) is 20.7. The fraction of sp³-hybridized carbons (Fsp3) is 0.346. The summed E-state index contributed by atoms with van der Waals surface area (Å²) in [5.41, 5.74) is 1.61. The topological polar surface area (TPSA) is 121 Å². The molecule has 2 heterocycles. The minimum atomic E-state index is -0.222. The summed E-state index contributed by atoms with van der Waals surface area (Å²) in [5.74, 6) is 1.38. The molecule has 1 fully saturated rings. The Kier molecular flexibility index (Phi) is 8.06. The molecule has 4 rings (SSSR count). The van der Waals surface area contributed by atoms with Crippen molar-refractivity contribution in [1.29, 1.82) is 0 Å². The number of para-hydroxylation sites is 1. The van der Waals surface area contributed by atoms with Gasteiger partial charge in [-0.15, -0.1) is 0 Å². The van der Waals surface area contributed by atoms with Crippen LogP contribution < -0.4 is 25.4 Å². The van der Waals surface area contributed by atoms with Gasteiger partial charge in [-0.25, -0.2) is 4.98 Å². The molecule has 0 aliphatic carbocycles. The molecular weight excluding hydrogens is 460 g/mol. The van der Waals surface area contributed by atoms with E-state index in [0.29, 0.717) is 35.8 Å². The van der Waals surface area contributed by atoms with E-state index < -0.39 is 0 Å². The summed E-state index contributed by atoms with van der Waals surface area (Å²) in [6.07, 6.45) is 2.43. The number of anilines is 4. The number of hydrogen-bond acceptors (Lipinski definition) is 9. The second-order valence-corrected chi connectivity index (χ2v) is 8.46. The highest BCUT2D eigenvalue weighted by Crippen LogP contribution is 2.33. The lowest BCUT2D eigenvalue weighted by atomic mass is 10.1. The van der Waals surface area contributed by atoms with E-state index in [-0.39, 0.29) is 29.5 Å². The third-order valence-electron chi connectivity index (χ3n) is 5.68. The lowest BCUT2D eigenvalue weighted by Gasteiger charge is -2.17. The van der Waals surface area contributed by atoms with Gasteiger partial charge in [0.05, 0.1) is 29.7 Å². The molecule has 1 aliphatic heterocycles. The summed E-state index contributed by atoms with van der Waals surface area (Å²) in [4.78, 5) is 23.3. The van der Waals surface area contributed by atoms with E-state index in [0.717, 1.165) is 25.3 Å². The molecule has 0 radical (unpaired) electrons. The van der Waals surface area contributed by atoms with Crippen LogP contribution in [0.4, 0.5) is 23.1 Å². The first-order chi connectivity index (χ1) is 17.5. The Bertz CT molecular complexity index is 1200. The van der Waals surface area contributed by atoms with Gasteiger partial charge in [0.1, 0.15) is 17.6 Å². The fourth-order valence-electron chi connectivity index (χ4n) is 3.96. The molecule has 0 spiro atoms. The highest BCUT2D eigenvalue weighted by Gasteiger charge is 2.21. The van der Waals surface area contributed by atoms with Gasteiger partial charge in [0.2, 0.25) is 5.95 Å². The van der Waals surface area contributed by atoms with Crippen molar-refractivity contribution in [3.63, 3.8) is 0 Å². The first-order valence-corrected chi connectivity index (χ1v) is 12.1. The third-order valence-corrected chi connectivity index (χ3v) is 5.68. The van der Waals surface area contributed by atoms with Crippen molar-refractivity contribution in [3.8, 4) is 17.2 Å². The summed E-state index contributed by atoms with van der Waals surface area (Å²) in [6, 6.07) is 12.6. The van der Waals surface area contributed by atoms with E-state index in [2.05, 4.69) is 37.9 Å². The first kappa shape index (κ1) is 25.1. The highest BCUT2D eigenvalue weighted by atomic mass is 16.5. The van der Waals surface area contributed by atoms with E-state index in [1.807, 2.05) is 32.0 Å². The van der Waals surface area contributed by atoms with Gasteiger partial charge in [-0.3, -0.25) is 4.79 Å². The van der Waals surface area contributed by atoms with Crippen molar-refractivity contribution in [3.05, 3.63) is 54.2 Å². The molecule has 1 saturated heterocycles. The molecule has 190 valence electrons. The number of carbonyl (C=O) groups excluding carboxylic acids is 1. The second-order valence-electron chi connectivity index (χ2n) is 8.46. The molecule has 0 unspecified atom stereocenters. The van der Waals surface area contributed by atoms with Crippen LogP contribution in [-0.4, -0.2) is 65.3 Å². The van der Waals surface area contributed by atoms with Crippen LogP contribution in [0, 0.1) is 0 Å². The van der Waals surface area contributed by atoms with Gasteiger partial charge >= 0.3 is 0 Å². The van der Waals surface area contributed by atoms with E-state index in [9.17, 15) is 9.90 Å². The monoisotopic (exact) mass is 492 g/mol. The van der Waals surface area contributed by atoms with Gasteiger partial charge in [-0.05, 0) is 51.6 Å². The second kappa shape index (κ2) is 11.6. The number of nitrogens with one attached hydrogen (secondary N) is 3. The number of carbonyl (C=O) groups is 1. The zero-order valence-electron chi connectivity index (χ0n) is 20.7. The molecule has 0 saturated carbocycles. The summed E-state index contributed by atoms with van der Waals surface area (Å²) < 4.78 is 12.0. The normalized spacial score (nSPS) is 15.4. The molecule has 1 aliphatic rings. The Labute approximate surface area is 210 Å². The predicted molar refractivity (Wildman–Crippen MR) is 139 cm³/mol. The van der Waals surface area contributed by atoms with Gasteiger partial charge in [-0.2, -0.15) is 4.98 Å². The molecular formula is C26H32N6O4. The number of ether oxygens (including phenoxy) is 2. The molecule has 1 aromatic heterocycles. The molecule has 1 atom stereocenters. The molecule has 4 N–H and O–H groups in total. The van der Waals surface area contributed by atoms with Crippen LogP contribution in [0.3, 0.4) is 0 Å². The van der Waals surface area contributed by atoms with Crippen molar-refractivity contribution in [2.75, 3.05) is 43.9 Å². The van der Waals surface area contributed by atoms with Crippen LogP contribution in [-0.2, 0) is 0 Å². The van der Waals surface area contributed by atoms with E-state index in [4.69, 9.17) is 9.47 Å². The summed E-state index contributed by atoms with van der Waals surface area (Å²) in [5, 5.41) is 19.3. The average Bonchev–Trinajstić information content (AvgIpc) is 3.27. The first-order valence-electron chi connectivity index (χ1n) is 12.1. The molecule has 3 aromatic rings. The Balaban J connectivity index is 1.54. The number of aromatic nitrogens is 2. The SMILES string of the molecule is CCNC(=O)c1ccccc1Nc1nc(Nc2ccc(O[C@H]3CCN(C)C3)cc2OCC)ncc1O. The van der Waals surface area contributed by atoms with Crippen molar-refractivity contribution in [2.24, 2.45) is 0 Å². The Morgan fingerprint density at radius 1 is 1.17 bits per heavy atom. The van der Waals surface area contributed by atoms with Gasteiger partial charge in [-0.1, -0.05) is 12.1 Å². The lowest BCUT2D eigenvalue weighted by molar-refractivity contribution is 0.0956. The van der Waals surface area contributed by atoms with Crippen LogP contribution >= 0.6 is 0 Å². The summed E-state index contributed by atoms with van der Waals surface area (Å²) in [7, 11) is 2.08. The van der Waals surface area contributed by atoms with Crippen LogP contribution in [0.1, 0.15) is 30.6 Å². The Morgan fingerprint density at radius 3 is 2.75 bits per heavy atom. The van der Waals surface area contributed by atoms with Crippen LogP contribution in [0.25, 0.3) is 0 Å². The van der Waals surface area contributed by atoms with Crippen molar-refractivity contribution < 1.29 is 19.4 Å². The summed E-state index contributed by atoms with van der Waals surface area (Å²) in [6.45, 7) is 6.65. The van der Waals surface area contributed by atoms with Crippen molar-refractivity contribution in [2.45, 2.75) is 26.4 Å². The minimum absolute atomic E-state index is 0.151. The number of amides is 1. The van der Waals surface area contributed by atoms with Crippen LogP contribution in [0.15, 0.2) is 48.7 Å². The maximum Gasteiger partial charge on any atom is 0.253 e. The molecule has 10 nitrogen and oxygen atoms in total. The number of likely N-dealkylation sites (tertiary alicyclic amines) is 1. The predicted octanol–water partition coefficient (Wildman–Crippen LogP) is 3.90. The molecule has 2 aromatic carbocycles. The number of rotatable bonds is 10. The smallest absolute Gasteiger partial charge is 0.253 e. The molecule has 10 heteroatoms. The maximum absolute atomic E-state index is 12.4. The maximum atomic E-state index is 12.4. The lowest BCUT2D eigenvalue weighted by Crippen LogP contribution is -2.23. The van der Waals surface area contributed by atoms with E-state index in [1.54, 1.807) is 24.3 Å². The number of benzene rings is 2. The van der Waals surface area contributed by atoms with Crippen LogP contribution in [0.2, 0.25) is 0 Å². The number of likely N-dealkylation sites (N-methyl/N-ethyl adjacent to an activating group) is 1. The van der Waals surface area contributed by atoms with Crippen LogP contribution in [0.5, 0.6) is 17.2 Å². The van der Waals surface area contributed by atoms with E-state index >= 15 is 0 Å². The number of aromatic hydroxyl groups is 1. The largest absolute Gasteiger partial charge is 0.503 e. The standard InChI is InChI=1S/C26H32N6O4/c1-4-27-25(34)19-8-6-7-9-20(19)29-24-22(33)15-28-26(31-24)30-21-11-10-17(14-23(21)35-5-2)36-18-12-13-32(3)16-18/h6-11,14-15,18,33H,4-5,12-13,16H2,1-3H3,(H,27,34)(H2,28,29,30,31)/t18-/m0/s1. The van der Waals surface area contributed by atoms with Gasteiger partial charge < -0.3 is 35.4 Å². The molecule has 36 heavy (non-hydrogen) atoms. The third kappa shape index (κ3) is 6.14. The Hall–Kier alpha value is -4.05. The van der Waals surface area contributed by atoms with Gasteiger partial charge in [0, 0.05) is 25.7 Å². The fourth-order valence-corrected chi connectivity index (χ4v) is 3.96. The quantitative estimate of drug-likeness (QED) is 0.334. The van der Waals surface area contributed by atoms with Crippen molar-refractivity contribution in [1.82, 2.24) is 20.2 Å². The molecule has 1 amide bonds. The average molecular weight is 493 g/mol. The van der Waals surface area contributed by atoms with Gasteiger partial charge in [0.25, 0.3) is 5.91 Å². The zero-order chi connectivity index (χ0) is 25.5.